The first kappa shape index (κ1) is 24.2. The lowest BCUT2D eigenvalue weighted by molar-refractivity contribution is 1.28. The van der Waals surface area contributed by atoms with E-state index >= 15 is 0 Å². The van der Waals surface area contributed by atoms with E-state index in [2.05, 4.69) is 175 Å². The van der Waals surface area contributed by atoms with E-state index < -0.39 is 0 Å². The van der Waals surface area contributed by atoms with Crippen LogP contribution in [0.3, 0.4) is 0 Å². The number of hydrogen-bond donors (Lipinski definition) is 0. The Morgan fingerprint density at radius 2 is 0.872 bits per heavy atom. The van der Waals surface area contributed by atoms with E-state index in [1.54, 1.807) is 0 Å². The number of hydrogen-bond acceptors (Lipinski definition) is 1. The van der Waals surface area contributed by atoms with E-state index in [1.807, 2.05) is 6.07 Å². The second-order valence-electron chi connectivity index (χ2n) is 9.47. The van der Waals surface area contributed by atoms with Crippen molar-refractivity contribution in [1.29, 1.82) is 0 Å². The van der Waals surface area contributed by atoms with Gasteiger partial charge in [-0.1, -0.05) is 146 Å². The fourth-order valence-electron chi connectivity index (χ4n) is 4.94. The minimum Gasteiger partial charge on any atom is -0.310 e. The van der Waals surface area contributed by atoms with Crippen molar-refractivity contribution in [3.63, 3.8) is 0 Å². The Bertz CT molecular complexity index is 1690. The van der Waals surface area contributed by atoms with E-state index in [1.165, 1.54) is 27.8 Å². The minimum absolute atomic E-state index is 1.11. The Morgan fingerprint density at radius 1 is 0.359 bits per heavy atom. The first-order chi connectivity index (χ1) is 19.3. The summed E-state index contributed by atoms with van der Waals surface area (Å²) in [5.41, 5.74) is 10.5. The van der Waals surface area contributed by atoms with Crippen LogP contribution in [0.25, 0.3) is 34.4 Å². The van der Waals surface area contributed by atoms with E-state index in [0.717, 1.165) is 22.6 Å². The van der Waals surface area contributed by atoms with Crippen LogP contribution in [0, 0.1) is 0 Å². The van der Waals surface area contributed by atoms with Crippen molar-refractivity contribution in [3.8, 4) is 22.3 Å². The predicted octanol–water partition coefficient (Wildman–Crippen LogP) is 10.7. The molecule has 0 N–H and O–H groups in total. The lowest BCUT2D eigenvalue weighted by atomic mass is 10.0. The zero-order chi connectivity index (χ0) is 26.3. The summed E-state index contributed by atoms with van der Waals surface area (Å²) in [5, 5.41) is 0. The van der Waals surface area contributed by atoms with E-state index in [-0.39, 0.29) is 0 Å². The van der Waals surface area contributed by atoms with Gasteiger partial charge in [-0.05, 0) is 58.1 Å². The van der Waals surface area contributed by atoms with E-state index in [4.69, 9.17) is 0 Å². The van der Waals surface area contributed by atoms with Gasteiger partial charge in [0, 0.05) is 16.9 Å². The molecule has 1 heteroatoms. The first-order valence-corrected chi connectivity index (χ1v) is 13.3. The molecule has 0 saturated carbocycles. The highest BCUT2D eigenvalue weighted by molar-refractivity contribution is 5.89. The summed E-state index contributed by atoms with van der Waals surface area (Å²) in [6.07, 6.45) is 4.35. The molecule has 0 fully saturated rings. The Kier molecular flexibility index (Phi) is 7.14. The van der Waals surface area contributed by atoms with Gasteiger partial charge in [0.1, 0.15) is 0 Å². The minimum atomic E-state index is 1.11. The molecule has 0 atom stereocenters. The van der Waals surface area contributed by atoms with Crippen LogP contribution in [-0.2, 0) is 0 Å². The van der Waals surface area contributed by atoms with Gasteiger partial charge in [0.05, 0.1) is 5.69 Å². The number of benzene rings is 6. The summed E-state index contributed by atoms with van der Waals surface area (Å²) in [6, 6.07) is 57.8. The molecule has 0 spiro atoms. The summed E-state index contributed by atoms with van der Waals surface area (Å²) in [4.78, 5) is 2.37. The van der Waals surface area contributed by atoms with Crippen LogP contribution in [0.1, 0.15) is 11.1 Å². The molecule has 0 unspecified atom stereocenters. The molecule has 0 heterocycles. The quantitative estimate of drug-likeness (QED) is 0.197. The molecule has 6 aromatic carbocycles. The average Bonchev–Trinajstić information content (AvgIpc) is 3.02. The molecule has 0 amide bonds. The van der Waals surface area contributed by atoms with Crippen LogP contribution >= 0.6 is 0 Å². The van der Waals surface area contributed by atoms with Crippen LogP contribution in [0.5, 0.6) is 0 Å². The average molecular weight is 500 g/mol. The maximum Gasteiger partial charge on any atom is 0.0540 e. The van der Waals surface area contributed by atoms with Gasteiger partial charge in [0.15, 0.2) is 0 Å². The molecule has 0 radical (unpaired) electrons. The van der Waals surface area contributed by atoms with Gasteiger partial charge in [-0.2, -0.15) is 0 Å². The maximum atomic E-state index is 2.37. The Morgan fingerprint density at radius 3 is 1.62 bits per heavy atom. The third-order valence-corrected chi connectivity index (χ3v) is 6.84. The van der Waals surface area contributed by atoms with Crippen molar-refractivity contribution in [2.45, 2.75) is 0 Å². The Labute approximate surface area is 231 Å². The van der Waals surface area contributed by atoms with Crippen LogP contribution in [0.4, 0.5) is 17.1 Å². The van der Waals surface area contributed by atoms with Crippen molar-refractivity contribution < 1.29 is 0 Å². The summed E-state index contributed by atoms with van der Waals surface area (Å²) < 4.78 is 0. The second-order valence-corrected chi connectivity index (χ2v) is 9.47. The van der Waals surface area contributed by atoms with Gasteiger partial charge >= 0.3 is 0 Å². The highest BCUT2D eigenvalue weighted by Gasteiger charge is 2.17. The van der Waals surface area contributed by atoms with Gasteiger partial charge in [0.2, 0.25) is 0 Å². The number of nitrogens with zero attached hydrogens (tertiary/aromatic N) is 1. The fourth-order valence-corrected chi connectivity index (χ4v) is 4.94. The fraction of sp³-hybridized carbons (Fsp3) is 0. The van der Waals surface area contributed by atoms with Crippen molar-refractivity contribution in [3.05, 3.63) is 175 Å². The van der Waals surface area contributed by atoms with Crippen molar-refractivity contribution >= 4 is 29.2 Å². The van der Waals surface area contributed by atoms with Crippen LogP contribution in [-0.4, -0.2) is 0 Å². The molecule has 6 rings (SSSR count). The lowest BCUT2D eigenvalue weighted by Crippen LogP contribution is -2.11. The third-order valence-electron chi connectivity index (χ3n) is 6.84. The molecule has 0 aromatic heterocycles. The number of para-hydroxylation sites is 1. The molecule has 0 bridgehead atoms. The monoisotopic (exact) mass is 499 g/mol. The molecule has 39 heavy (non-hydrogen) atoms. The SMILES string of the molecule is C(=Cc1cccc(N(c2cccc(-c3ccccc3)c2)c2ccccc2-c2ccccc2)c1)c1ccccc1. The summed E-state index contributed by atoms with van der Waals surface area (Å²) in [6.45, 7) is 0. The largest absolute Gasteiger partial charge is 0.310 e. The molecule has 6 aromatic rings. The molecular weight excluding hydrogens is 470 g/mol. The van der Waals surface area contributed by atoms with Gasteiger partial charge < -0.3 is 4.90 Å². The maximum absolute atomic E-state index is 2.37. The number of anilines is 3. The van der Waals surface area contributed by atoms with Gasteiger partial charge in [-0.25, -0.2) is 0 Å². The highest BCUT2D eigenvalue weighted by Crippen LogP contribution is 2.41. The van der Waals surface area contributed by atoms with Crippen LogP contribution in [0.15, 0.2) is 164 Å². The highest BCUT2D eigenvalue weighted by atomic mass is 15.1. The second kappa shape index (κ2) is 11.5. The molecule has 0 aliphatic rings. The predicted molar refractivity (Wildman–Crippen MR) is 167 cm³/mol. The van der Waals surface area contributed by atoms with Gasteiger partial charge in [0.25, 0.3) is 0 Å². The van der Waals surface area contributed by atoms with Crippen molar-refractivity contribution in [2.24, 2.45) is 0 Å². The van der Waals surface area contributed by atoms with Gasteiger partial charge in [-0.15, -0.1) is 0 Å². The molecule has 186 valence electrons. The van der Waals surface area contributed by atoms with Crippen molar-refractivity contribution in [1.82, 2.24) is 0 Å². The number of rotatable bonds is 7. The molecule has 0 aliphatic carbocycles. The summed E-state index contributed by atoms with van der Waals surface area (Å²) in [5.74, 6) is 0. The van der Waals surface area contributed by atoms with Gasteiger partial charge in [-0.3, -0.25) is 0 Å². The van der Waals surface area contributed by atoms with E-state index in [9.17, 15) is 0 Å². The van der Waals surface area contributed by atoms with Crippen LogP contribution < -0.4 is 4.90 Å². The summed E-state index contributed by atoms with van der Waals surface area (Å²) >= 11 is 0. The first-order valence-electron chi connectivity index (χ1n) is 13.3. The van der Waals surface area contributed by atoms with Crippen molar-refractivity contribution in [2.75, 3.05) is 4.90 Å². The molecule has 0 aliphatic heterocycles. The standard InChI is InChI=1S/C38H29N/c1-4-14-30(15-5-1)26-27-31-16-12-22-35(28-31)39(36-23-13-21-34(29-36)32-17-6-2-7-18-32)38-25-11-10-24-37(38)33-19-8-3-9-20-33/h1-29H. The smallest absolute Gasteiger partial charge is 0.0540 e. The third kappa shape index (κ3) is 5.58. The normalized spacial score (nSPS) is 11.0. The zero-order valence-electron chi connectivity index (χ0n) is 21.7. The lowest BCUT2D eigenvalue weighted by Gasteiger charge is -2.28. The topological polar surface area (TPSA) is 3.24 Å². The molecular formula is C38H29N. The Hall–Kier alpha value is -5.14. The zero-order valence-corrected chi connectivity index (χ0v) is 21.7. The molecule has 0 saturated heterocycles. The van der Waals surface area contributed by atoms with E-state index in [0.29, 0.717) is 0 Å². The van der Waals surface area contributed by atoms with Crippen LogP contribution in [0.2, 0.25) is 0 Å². The Balaban J connectivity index is 1.50. The summed E-state index contributed by atoms with van der Waals surface area (Å²) in [7, 11) is 0. The molecule has 1 nitrogen and oxygen atoms in total.